The number of nitriles is 1. The summed E-state index contributed by atoms with van der Waals surface area (Å²) in [5.41, 5.74) is 3.79. The van der Waals surface area contributed by atoms with E-state index >= 15 is 0 Å². The van der Waals surface area contributed by atoms with Crippen LogP contribution >= 0.6 is 0 Å². The van der Waals surface area contributed by atoms with Crippen LogP contribution in [0.15, 0.2) is 30.6 Å². The van der Waals surface area contributed by atoms with Gasteiger partial charge in [-0.15, -0.1) is 0 Å². The predicted octanol–water partition coefficient (Wildman–Crippen LogP) is 3.53. The highest BCUT2D eigenvalue weighted by Crippen LogP contribution is 2.36. The molecule has 1 amide bonds. The zero-order chi connectivity index (χ0) is 23.7. The average molecular weight is 462 g/mol. The molecular formula is C25H31N7O2. The normalized spacial score (nSPS) is 19.3. The highest BCUT2D eigenvalue weighted by atomic mass is 16.4. The molecule has 0 aliphatic carbocycles. The van der Waals surface area contributed by atoms with Crippen molar-refractivity contribution in [3.63, 3.8) is 0 Å². The van der Waals surface area contributed by atoms with Gasteiger partial charge < -0.3 is 14.6 Å². The van der Waals surface area contributed by atoms with Crippen LogP contribution in [0.4, 0.5) is 10.5 Å². The molecule has 1 saturated heterocycles. The van der Waals surface area contributed by atoms with Gasteiger partial charge in [-0.3, -0.25) is 9.58 Å². The highest BCUT2D eigenvalue weighted by Gasteiger charge is 2.30. The fourth-order valence-electron chi connectivity index (χ4n) is 5.38. The summed E-state index contributed by atoms with van der Waals surface area (Å²) >= 11 is 0. The quantitative estimate of drug-likeness (QED) is 0.602. The molecule has 2 aromatic heterocycles. The van der Waals surface area contributed by atoms with Gasteiger partial charge >= 0.3 is 6.09 Å². The number of anilines is 1. The average Bonchev–Trinajstić information content (AvgIpc) is 3.48. The molecule has 0 unspecified atom stereocenters. The van der Waals surface area contributed by atoms with Crippen molar-refractivity contribution in [2.75, 3.05) is 24.5 Å². The third kappa shape index (κ3) is 4.26. The van der Waals surface area contributed by atoms with E-state index in [0.29, 0.717) is 0 Å². The molecule has 0 radical (unpaired) electrons. The number of carbonyl (C=O) groups is 1. The number of amides is 1. The van der Waals surface area contributed by atoms with Gasteiger partial charge in [-0.25, -0.2) is 9.78 Å². The maximum atomic E-state index is 12.0. The second kappa shape index (κ2) is 9.47. The number of hydrogen-bond donors (Lipinski definition) is 1. The fraction of sp³-hybridized carbons (Fsp3) is 0.520. The maximum Gasteiger partial charge on any atom is 0.412 e. The van der Waals surface area contributed by atoms with E-state index in [1.54, 1.807) is 6.20 Å². The van der Waals surface area contributed by atoms with E-state index in [-0.39, 0.29) is 12.0 Å². The number of rotatable bonds is 6. The number of piperidine rings is 1. The number of benzene rings is 1. The van der Waals surface area contributed by atoms with E-state index in [9.17, 15) is 15.2 Å². The molecule has 1 aromatic carbocycles. The SMILES string of the molecule is C[C@H]1CCc2c(ccc3c2nc(CCn2cccn2)n3CCN2CCC(C#N)CC2)N1C(=O)O. The Morgan fingerprint density at radius 3 is 2.74 bits per heavy atom. The molecule has 2 aliphatic rings. The summed E-state index contributed by atoms with van der Waals surface area (Å²) in [7, 11) is 0. The topological polar surface area (TPSA) is 103 Å². The molecule has 34 heavy (non-hydrogen) atoms. The van der Waals surface area contributed by atoms with Crippen LogP contribution in [0.2, 0.25) is 0 Å². The molecule has 2 aliphatic heterocycles. The van der Waals surface area contributed by atoms with Crippen molar-refractivity contribution < 1.29 is 9.90 Å². The molecule has 4 heterocycles. The lowest BCUT2D eigenvalue weighted by Crippen LogP contribution is -2.41. The Labute approximate surface area is 199 Å². The Hall–Kier alpha value is -3.38. The first-order valence-corrected chi connectivity index (χ1v) is 12.2. The second-order valence-corrected chi connectivity index (χ2v) is 9.42. The smallest absolute Gasteiger partial charge is 0.412 e. The van der Waals surface area contributed by atoms with Gasteiger partial charge in [0.2, 0.25) is 0 Å². The van der Waals surface area contributed by atoms with Crippen molar-refractivity contribution >= 4 is 22.8 Å². The summed E-state index contributed by atoms with van der Waals surface area (Å²) in [6.45, 7) is 6.34. The summed E-state index contributed by atoms with van der Waals surface area (Å²) in [5.74, 6) is 1.19. The van der Waals surface area contributed by atoms with E-state index in [2.05, 4.69) is 20.6 Å². The summed E-state index contributed by atoms with van der Waals surface area (Å²) < 4.78 is 4.22. The van der Waals surface area contributed by atoms with Crippen LogP contribution in [0.3, 0.4) is 0 Å². The van der Waals surface area contributed by atoms with Gasteiger partial charge in [0.25, 0.3) is 0 Å². The molecule has 1 atom stereocenters. The molecule has 0 bridgehead atoms. The lowest BCUT2D eigenvalue weighted by Gasteiger charge is -2.33. The van der Waals surface area contributed by atoms with E-state index in [1.165, 1.54) is 4.90 Å². The molecule has 0 saturated carbocycles. The van der Waals surface area contributed by atoms with E-state index in [4.69, 9.17) is 4.98 Å². The second-order valence-electron chi connectivity index (χ2n) is 9.42. The van der Waals surface area contributed by atoms with Crippen LogP contribution in [0.25, 0.3) is 11.0 Å². The van der Waals surface area contributed by atoms with Gasteiger partial charge in [-0.2, -0.15) is 10.4 Å². The maximum absolute atomic E-state index is 12.0. The predicted molar refractivity (Wildman–Crippen MR) is 129 cm³/mol. The van der Waals surface area contributed by atoms with Crippen LogP contribution in [0.1, 0.15) is 37.6 Å². The first-order chi connectivity index (χ1) is 16.5. The lowest BCUT2D eigenvalue weighted by molar-refractivity contribution is 0.198. The monoisotopic (exact) mass is 461 g/mol. The molecule has 3 aromatic rings. The van der Waals surface area contributed by atoms with Crippen LogP contribution in [-0.2, 0) is 25.9 Å². The Balaban J connectivity index is 1.46. The van der Waals surface area contributed by atoms with E-state index in [1.807, 2.05) is 36.0 Å². The van der Waals surface area contributed by atoms with Gasteiger partial charge in [-0.1, -0.05) is 0 Å². The van der Waals surface area contributed by atoms with Crippen LogP contribution in [0, 0.1) is 17.2 Å². The van der Waals surface area contributed by atoms with Crippen LogP contribution < -0.4 is 4.90 Å². The molecular weight excluding hydrogens is 430 g/mol. The third-order valence-electron chi connectivity index (χ3n) is 7.33. The summed E-state index contributed by atoms with van der Waals surface area (Å²) in [4.78, 5) is 21.0. The fourth-order valence-corrected chi connectivity index (χ4v) is 5.38. The molecule has 1 fully saturated rings. The van der Waals surface area contributed by atoms with Crippen molar-refractivity contribution in [1.82, 2.24) is 24.2 Å². The number of fused-ring (bicyclic) bond motifs is 3. The molecule has 9 nitrogen and oxygen atoms in total. The first kappa shape index (κ1) is 22.4. The molecule has 178 valence electrons. The minimum Gasteiger partial charge on any atom is -0.465 e. The van der Waals surface area contributed by atoms with Gasteiger partial charge in [0.15, 0.2) is 0 Å². The minimum atomic E-state index is -0.910. The van der Waals surface area contributed by atoms with Gasteiger partial charge in [-0.05, 0) is 63.9 Å². The van der Waals surface area contributed by atoms with Crippen molar-refractivity contribution in [2.45, 2.75) is 58.2 Å². The van der Waals surface area contributed by atoms with Crippen molar-refractivity contribution in [2.24, 2.45) is 5.92 Å². The molecule has 0 spiro atoms. The van der Waals surface area contributed by atoms with Crippen molar-refractivity contribution in [3.05, 3.63) is 42.0 Å². The number of aryl methyl sites for hydroxylation is 3. The minimum absolute atomic E-state index is 0.0415. The number of likely N-dealkylation sites (tertiary alicyclic amines) is 1. The van der Waals surface area contributed by atoms with Crippen molar-refractivity contribution in [3.8, 4) is 6.07 Å². The number of imidazole rings is 1. The Morgan fingerprint density at radius 2 is 2.03 bits per heavy atom. The first-order valence-electron chi connectivity index (χ1n) is 12.2. The number of carboxylic acid groups (broad SMARTS) is 1. The summed E-state index contributed by atoms with van der Waals surface area (Å²) in [5, 5.41) is 23.3. The lowest BCUT2D eigenvalue weighted by atomic mass is 9.96. The zero-order valence-electron chi connectivity index (χ0n) is 19.6. The summed E-state index contributed by atoms with van der Waals surface area (Å²) in [6.07, 6.45) is 7.07. The standard InChI is InChI=1S/C25H31N7O2/c1-18-3-4-20-21(32(18)25(33)34)5-6-22-24(20)28-23(9-14-30-11-2-10-27-30)31(22)16-15-29-12-7-19(17-26)8-13-29/h2,5-6,10-11,18-19H,3-4,7-9,12-16H2,1H3,(H,33,34)/t18-/m0/s1. The van der Waals surface area contributed by atoms with Crippen molar-refractivity contribution in [1.29, 1.82) is 5.26 Å². The zero-order valence-corrected chi connectivity index (χ0v) is 19.6. The van der Waals surface area contributed by atoms with Gasteiger partial charge in [0.1, 0.15) is 5.82 Å². The number of hydrogen-bond acceptors (Lipinski definition) is 5. The summed E-state index contributed by atoms with van der Waals surface area (Å²) in [6, 6.07) is 8.28. The molecule has 1 N–H and O–H groups in total. The Kier molecular flexibility index (Phi) is 6.24. The third-order valence-corrected chi connectivity index (χ3v) is 7.33. The van der Waals surface area contributed by atoms with Gasteiger partial charge in [0.05, 0.1) is 22.8 Å². The molecule has 5 rings (SSSR count). The van der Waals surface area contributed by atoms with E-state index < -0.39 is 6.09 Å². The Bertz CT molecular complexity index is 1200. The number of aromatic nitrogens is 4. The number of nitrogens with zero attached hydrogens (tertiary/aromatic N) is 7. The highest BCUT2D eigenvalue weighted by molar-refractivity contribution is 5.94. The molecule has 9 heteroatoms. The van der Waals surface area contributed by atoms with Crippen LogP contribution in [0.5, 0.6) is 0 Å². The van der Waals surface area contributed by atoms with Gasteiger partial charge in [0, 0.05) is 56.0 Å². The van der Waals surface area contributed by atoms with E-state index in [0.717, 1.165) is 92.9 Å². The Morgan fingerprint density at radius 1 is 1.21 bits per heavy atom. The largest absolute Gasteiger partial charge is 0.465 e. The van der Waals surface area contributed by atoms with Crippen LogP contribution in [-0.4, -0.2) is 61.1 Å².